The number of benzene rings is 3. The van der Waals surface area contributed by atoms with Gasteiger partial charge in [-0.25, -0.2) is 4.21 Å². The quantitative estimate of drug-likeness (QED) is 0.324. The Balaban J connectivity index is 2.17. The molecule has 0 saturated heterocycles. The Morgan fingerprint density at radius 2 is 1.18 bits per heavy atom. The van der Waals surface area contributed by atoms with Gasteiger partial charge in [-0.1, -0.05) is 17.7 Å². The third kappa shape index (κ3) is 5.81. The maximum absolute atomic E-state index is 13.6. The number of hydrogen-bond acceptors (Lipinski definition) is 6. The van der Waals surface area contributed by atoms with Crippen molar-refractivity contribution in [2.45, 2.75) is 11.8 Å². The van der Waals surface area contributed by atoms with Gasteiger partial charge in [-0.3, -0.25) is 4.79 Å². The minimum absolute atomic E-state index is 0.101. The Kier molecular flexibility index (Phi) is 7.90. The van der Waals surface area contributed by atoms with E-state index in [2.05, 4.69) is 0 Å². The zero-order valence-electron chi connectivity index (χ0n) is 19.2. The lowest BCUT2D eigenvalue weighted by atomic mass is 10.1. The third-order valence-electron chi connectivity index (χ3n) is 4.94. The van der Waals surface area contributed by atoms with Crippen LogP contribution in [0.5, 0.6) is 23.0 Å². The van der Waals surface area contributed by atoms with Crippen molar-refractivity contribution in [3.8, 4) is 23.0 Å². The number of aryl methyl sites for hydroxylation is 1. The summed E-state index contributed by atoms with van der Waals surface area (Å²) in [5.41, 5.74) is 1.94. The summed E-state index contributed by atoms with van der Waals surface area (Å²) in [6.45, 7) is 1.94. The largest absolute Gasteiger partial charge is 0.497 e. The van der Waals surface area contributed by atoms with Crippen molar-refractivity contribution < 1.29 is 28.0 Å². The molecule has 0 fully saturated rings. The van der Waals surface area contributed by atoms with E-state index in [4.69, 9.17) is 18.9 Å². The van der Waals surface area contributed by atoms with Gasteiger partial charge >= 0.3 is 0 Å². The third-order valence-corrected chi connectivity index (χ3v) is 6.35. The Bertz CT molecular complexity index is 1150. The molecule has 172 valence electrons. The molecule has 0 bridgehead atoms. The number of Topliss-reactive ketones (excluding diaryl/α,β-unsaturated/α-hetero) is 1. The van der Waals surface area contributed by atoms with Crippen LogP contribution < -0.4 is 18.9 Å². The van der Waals surface area contributed by atoms with Crippen LogP contribution in [0.1, 0.15) is 21.5 Å². The Labute approximate surface area is 196 Å². The molecule has 3 aromatic rings. The van der Waals surface area contributed by atoms with E-state index in [0.717, 1.165) is 5.56 Å². The summed E-state index contributed by atoms with van der Waals surface area (Å²) in [6, 6.07) is 17.3. The summed E-state index contributed by atoms with van der Waals surface area (Å²) in [4.78, 5) is 14.3. The van der Waals surface area contributed by atoms with Crippen molar-refractivity contribution in [3.05, 3.63) is 82.3 Å². The molecule has 1 unspecified atom stereocenters. The SMILES string of the molecule is COc1cc(/C=C(\C(=O)c2cc(OC)cc(OC)c2)S(=O)c2ccc(C)cc2)cc(OC)c1. The highest BCUT2D eigenvalue weighted by atomic mass is 32.2. The monoisotopic (exact) mass is 466 g/mol. The summed E-state index contributed by atoms with van der Waals surface area (Å²) in [7, 11) is 4.35. The fraction of sp³-hybridized carbons (Fsp3) is 0.192. The number of ketones is 1. The molecule has 1 atom stereocenters. The summed E-state index contributed by atoms with van der Waals surface area (Å²) in [6.07, 6.45) is 1.59. The molecule has 0 aromatic heterocycles. The average Bonchev–Trinajstić information content (AvgIpc) is 2.86. The highest BCUT2D eigenvalue weighted by molar-refractivity contribution is 7.90. The van der Waals surface area contributed by atoms with Crippen LogP contribution in [0.4, 0.5) is 0 Å². The van der Waals surface area contributed by atoms with Crippen molar-refractivity contribution in [1.82, 2.24) is 0 Å². The molecule has 0 aliphatic carbocycles. The number of carbonyl (C=O) groups is 1. The predicted octanol–water partition coefficient (Wildman–Crippen LogP) is 5.06. The van der Waals surface area contributed by atoms with E-state index in [1.165, 1.54) is 14.2 Å². The van der Waals surface area contributed by atoms with E-state index < -0.39 is 16.6 Å². The van der Waals surface area contributed by atoms with Gasteiger partial charge in [-0.2, -0.15) is 0 Å². The van der Waals surface area contributed by atoms with Crippen LogP contribution in [0.15, 0.2) is 70.5 Å². The minimum atomic E-state index is -1.75. The Morgan fingerprint density at radius 1 is 0.727 bits per heavy atom. The van der Waals surface area contributed by atoms with Crippen LogP contribution in [-0.2, 0) is 10.8 Å². The van der Waals surface area contributed by atoms with Crippen molar-refractivity contribution in [1.29, 1.82) is 0 Å². The van der Waals surface area contributed by atoms with E-state index in [0.29, 0.717) is 39.0 Å². The highest BCUT2D eigenvalue weighted by Crippen LogP contribution is 2.29. The van der Waals surface area contributed by atoms with Gasteiger partial charge in [-0.05, 0) is 55.0 Å². The van der Waals surface area contributed by atoms with Crippen LogP contribution in [0.2, 0.25) is 0 Å². The smallest absolute Gasteiger partial charge is 0.202 e. The number of methoxy groups -OCH3 is 4. The number of allylic oxidation sites excluding steroid dienone is 1. The maximum Gasteiger partial charge on any atom is 0.202 e. The highest BCUT2D eigenvalue weighted by Gasteiger charge is 2.22. The first-order chi connectivity index (χ1) is 15.9. The Morgan fingerprint density at radius 3 is 1.64 bits per heavy atom. The second-order valence-electron chi connectivity index (χ2n) is 7.17. The lowest BCUT2D eigenvalue weighted by Crippen LogP contribution is -2.10. The molecule has 3 aromatic carbocycles. The molecule has 0 radical (unpaired) electrons. The minimum Gasteiger partial charge on any atom is -0.497 e. The molecule has 33 heavy (non-hydrogen) atoms. The van der Waals surface area contributed by atoms with E-state index in [-0.39, 0.29) is 4.91 Å². The maximum atomic E-state index is 13.6. The zero-order chi connectivity index (χ0) is 24.0. The molecule has 0 saturated carbocycles. The molecule has 3 rings (SSSR count). The van der Waals surface area contributed by atoms with Gasteiger partial charge in [0.2, 0.25) is 5.78 Å². The molecule has 0 aliphatic heterocycles. The van der Waals surface area contributed by atoms with Crippen LogP contribution in [-0.4, -0.2) is 38.4 Å². The van der Waals surface area contributed by atoms with Crippen molar-refractivity contribution >= 4 is 22.7 Å². The molecule has 0 spiro atoms. The first-order valence-corrected chi connectivity index (χ1v) is 11.2. The molecule has 7 heteroatoms. The second-order valence-corrected chi connectivity index (χ2v) is 8.62. The summed E-state index contributed by atoms with van der Waals surface area (Å²) >= 11 is 0. The van der Waals surface area contributed by atoms with Crippen LogP contribution >= 0.6 is 0 Å². The number of ether oxygens (including phenoxy) is 4. The van der Waals surface area contributed by atoms with Gasteiger partial charge in [0, 0.05) is 22.6 Å². The lowest BCUT2D eigenvalue weighted by Gasteiger charge is -2.12. The van der Waals surface area contributed by atoms with Gasteiger partial charge in [0.25, 0.3) is 0 Å². The fourth-order valence-electron chi connectivity index (χ4n) is 3.14. The lowest BCUT2D eigenvalue weighted by molar-refractivity contribution is 0.104. The molecule has 6 nitrogen and oxygen atoms in total. The van der Waals surface area contributed by atoms with Gasteiger partial charge in [0.05, 0.1) is 44.1 Å². The van der Waals surface area contributed by atoms with Gasteiger partial charge in [0.1, 0.15) is 23.0 Å². The van der Waals surface area contributed by atoms with E-state index in [1.54, 1.807) is 68.8 Å². The van der Waals surface area contributed by atoms with Crippen LogP contribution in [0, 0.1) is 6.92 Å². The van der Waals surface area contributed by atoms with E-state index in [1.807, 2.05) is 19.1 Å². The van der Waals surface area contributed by atoms with E-state index >= 15 is 0 Å². The first kappa shape index (κ1) is 24.1. The topological polar surface area (TPSA) is 71.1 Å². The van der Waals surface area contributed by atoms with E-state index in [9.17, 15) is 9.00 Å². The molecule has 0 amide bonds. The Hall–Kier alpha value is -3.58. The summed E-state index contributed by atoms with van der Waals surface area (Å²) < 4.78 is 34.9. The predicted molar refractivity (Wildman–Crippen MR) is 129 cm³/mol. The second kappa shape index (κ2) is 10.8. The van der Waals surface area contributed by atoms with Crippen LogP contribution in [0.3, 0.4) is 0 Å². The van der Waals surface area contributed by atoms with Crippen LogP contribution in [0.25, 0.3) is 6.08 Å². The molecule has 0 N–H and O–H groups in total. The number of hydrogen-bond donors (Lipinski definition) is 0. The van der Waals surface area contributed by atoms with Gasteiger partial charge in [-0.15, -0.1) is 0 Å². The fourth-order valence-corrected chi connectivity index (χ4v) is 4.30. The van der Waals surface area contributed by atoms with Crippen molar-refractivity contribution in [3.63, 3.8) is 0 Å². The molecular formula is C26H26O6S. The molecular weight excluding hydrogens is 440 g/mol. The summed E-state index contributed by atoms with van der Waals surface area (Å²) in [5.74, 6) is 1.61. The average molecular weight is 467 g/mol. The standard InChI is InChI=1S/C26H26O6S/c1-17-6-8-24(9-7-17)33(28)25(12-18-10-20(29-2)15-21(11-18)30-3)26(27)19-13-22(31-4)16-23(14-19)32-5/h6-16H,1-5H3/b25-12+. The van der Waals surface area contributed by atoms with Gasteiger partial charge in [0.15, 0.2) is 0 Å². The van der Waals surface area contributed by atoms with Crippen molar-refractivity contribution in [2.75, 3.05) is 28.4 Å². The molecule has 0 heterocycles. The summed E-state index contributed by atoms with van der Waals surface area (Å²) in [5, 5.41) is 0. The van der Waals surface area contributed by atoms with Crippen molar-refractivity contribution in [2.24, 2.45) is 0 Å². The zero-order valence-corrected chi connectivity index (χ0v) is 20.0. The normalized spacial score (nSPS) is 12.1. The number of rotatable bonds is 9. The number of carbonyl (C=O) groups excluding carboxylic acids is 1. The first-order valence-electron chi connectivity index (χ1n) is 10.1. The van der Waals surface area contributed by atoms with Gasteiger partial charge < -0.3 is 18.9 Å². The molecule has 0 aliphatic rings.